The third-order valence-corrected chi connectivity index (χ3v) is 3.43. The topological polar surface area (TPSA) is 59.2 Å². The summed E-state index contributed by atoms with van der Waals surface area (Å²) >= 11 is 0. The van der Waals surface area contributed by atoms with E-state index in [2.05, 4.69) is 15.0 Å². The molecule has 100 valence electrons. The zero-order valence-electron chi connectivity index (χ0n) is 11.2. The molecule has 0 spiro atoms. The Morgan fingerprint density at radius 1 is 1.39 bits per heavy atom. The molecule has 2 rings (SSSR count). The quantitative estimate of drug-likeness (QED) is 0.766. The van der Waals surface area contributed by atoms with E-state index in [0.29, 0.717) is 18.1 Å². The smallest absolute Gasteiger partial charge is 0.234 e. The van der Waals surface area contributed by atoms with Crippen LogP contribution < -0.4 is 0 Å². The SMILES string of the molecule is CN(C)CCc1noc(CC(=O)C2CCCC2)n1. The van der Waals surface area contributed by atoms with Gasteiger partial charge < -0.3 is 9.42 Å². The molecular formula is C13H21N3O2. The van der Waals surface area contributed by atoms with E-state index < -0.39 is 0 Å². The molecule has 1 saturated carbocycles. The van der Waals surface area contributed by atoms with Crippen LogP contribution in [0.4, 0.5) is 0 Å². The van der Waals surface area contributed by atoms with Gasteiger partial charge in [-0.15, -0.1) is 0 Å². The van der Waals surface area contributed by atoms with Crippen molar-refractivity contribution in [1.29, 1.82) is 0 Å². The Balaban J connectivity index is 1.84. The summed E-state index contributed by atoms with van der Waals surface area (Å²) in [6, 6.07) is 0. The zero-order chi connectivity index (χ0) is 13.0. The van der Waals surface area contributed by atoms with Crippen molar-refractivity contribution in [3.05, 3.63) is 11.7 Å². The number of rotatable bonds is 6. The van der Waals surface area contributed by atoms with Crippen molar-refractivity contribution < 1.29 is 9.32 Å². The highest BCUT2D eigenvalue weighted by Gasteiger charge is 2.24. The summed E-state index contributed by atoms with van der Waals surface area (Å²) in [5.74, 6) is 1.65. The van der Waals surface area contributed by atoms with Crippen LogP contribution in [0.25, 0.3) is 0 Å². The molecule has 18 heavy (non-hydrogen) atoms. The number of hydrogen-bond donors (Lipinski definition) is 0. The van der Waals surface area contributed by atoms with E-state index in [9.17, 15) is 4.79 Å². The van der Waals surface area contributed by atoms with Crippen LogP contribution >= 0.6 is 0 Å². The molecule has 0 aliphatic heterocycles. The van der Waals surface area contributed by atoms with Crippen molar-refractivity contribution in [2.45, 2.75) is 38.5 Å². The average Bonchev–Trinajstić information content (AvgIpc) is 2.97. The van der Waals surface area contributed by atoms with E-state index in [1.54, 1.807) is 0 Å². The molecule has 0 unspecified atom stereocenters. The molecule has 0 atom stereocenters. The van der Waals surface area contributed by atoms with E-state index in [1.807, 2.05) is 14.1 Å². The first-order valence-corrected chi connectivity index (χ1v) is 6.64. The molecular weight excluding hydrogens is 230 g/mol. The maximum absolute atomic E-state index is 12.0. The van der Waals surface area contributed by atoms with Gasteiger partial charge in [0.25, 0.3) is 0 Å². The van der Waals surface area contributed by atoms with Gasteiger partial charge in [-0.1, -0.05) is 18.0 Å². The van der Waals surface area contributed by atoms with Crippen LogP contribution in [0, 0.1) is 5.92 Å². The number of likely N-dealkylation sites (N-methyl/N-ethyl adjacent to an activating group) is 1. The fourth-order valence-corrected chi connectivity index (χ4v) is 2.33. The highest BCUT2D eigenvalue weighted by molar-refractivity contribution is 5.82. The van der Waals surface area contributed by atoms with Crippen LogP contribution in [-0.2, 0) is 17.6 Å². The number of aromatic nitrogens is 2. The standard InChI is InChI=1S/C13H21N3O2/c1-16(2)8-7-12-14-13(18-15-12)9-11(17)10-5-3-4-6-10/h10H,3-9H2,1-2H3. The fraction of sp³-hybridized carbons (Fsp3) is 0.769. The Morgan fingerprint density at radius 3 is 2.78 bits per heavy atom. The molecule has 0 aromatic carbocycles. The first kappa shape index (κ1) is 13.2. The Morgan fingerprint density at radius 2 is 2.11 bits per heavy atom. The normalized spacial score (nSPS) is 16.6. The van der Waals surface area contributed by atoms with Gasteiger partial charge >= 0.3 is 0 Å². The number of hydrogen-bond acceptors (Lipinski definition) is 5. The summed E-state index contributed by atoms with van der Waals surface area (Å²) in [6.07, 6.45) is 5.47. The lowest BCUT2D eigenvalue weighted by molar-refractivity contribution is -0.122. The van der Waals surface area contributed by atoms with E-state index in [1.165, 1.54) is 12.8 Å². The molecule has 1 fully saturated rings. The van der Waals surface area contributed by atoms with E-state index in [0.717, 1.165) is 25.8 Å². The lowest BCUT2D eigenvalue weighted by Crippen LogP contribution is -2.16. The molecule has 1 aromatic heterocycles. The van der Waals surface area contributed by atoms with Crippen LogP contribution in [0.1, 0.15) is 37.4 Å². The number of nitrogens with zero attached hydrogens (tertiary/aromatic N) is 3. The van der Waals surface area contributed by atoms with Gasteiger partial charge in [0, 0.05) is 18.9 Å². The van der Waals surface area contributed by atoms with Crippen molar-refractivity contribution in [3.63, 3.8) is 0 Å². The molecule has 0 radical (unpaired) electrons. The molecule has 1 aromatic rings. The second-order valence-corrected chi connectivity index (χ2v) is 5.28. The van der Waals surface area contributed by atoms with E-state index in [4.69, 9.17) is 4.52 Å². The highest BCUT2D eigenvalue weighted by atomic mass is 16.5. The van der Waals surface area contributed by atoms with Gasteiger partial charge in [-0.3, -0.25) is 4.79 Å². The summed E-state index contributed by atoms with van der Waals surface area (Å²) in [5.41, 5.74) is 0. The summed E-state index contributed by atoms with van der Waals surface area (Å²) in [6.45, 7) is 0.884. The van der Waals surface area contributed by atoms with Crippen LogP contribution in [0.2, 0.25) is 0 Å². The van der Waals surface area contributed by atoms with Gasteiger partial charge in [0.1, 0.15) is 5.78 Å². The van der Waals surface area contributed by atoms with Crippen LogP contribution in [0.3, 0.4) is 0 Å². The largest absolute Gasteiger partial charge is 0.339 e. The molecule has 5 nitrogen and oxygen atoms in total. The molecule has 1 aliphatic rings. The molecule has 0 N–H and O–H groups in total. The molecule has 0 bridgehead atoms. The van der Waals surface area contributed by atoms with Crippen molar-refractivity contribution >= 4 is 5.78 Å². The predicted octanol–water partition coefficient (Wildman–Crippen LogP) is 1.48. The second kappa shape index (κ2) is 6.09. The average molecular weight is 251 g/mol. The number of carbonyl (C=O) groups is 1. The summed E-state index contributed by atoms with van der Waals surface area (Å²) in [4.78, 5) is 18.3. The first-order chi connectivity index (χ1) is 8.65. The van der Waals surface area contributed by atoms with E-state index in [-0.39, 0.29) is 11.7 Å². The summed E-state index contributed by atoms with van der Waals surface area (Å²) < 4.78 is 5.13. The Hall–Kier alpha value is -1.23. The molecule has 0 amide bonds. The van der Waals surface area contributed by atoms with Crippen LogP contribution in [0.5, 0.6) is 0 Å². The number of ketones is 1. The summed E-state index contributed by atoms with van der Waals surface area (Å²) in [7, 11) is 4.01. The highest BCUT2D eigenvalue weighted by Crippen LogP contribution is 2.26. The lowest BCUT2D eigenvalue weighted by atomic mass is 10.0. The van der Waals surface area contributed by atoms with Gasteiger partial charge in [0.05, 0.1) is 6.42 Å². The first-order valence-electron chi connectivity index (χ1n) is 6.64. The zero-order valence-corrected chi connectivity index (χ0v) is 11.2. The Bertz CT molecular complexity index is 395. The van der Waals surface area contributed by atoms with Crippen molar-refractivity contribution in [3.8, 4) is 0 Å². The molecule has 0 saturated heterocycles. The summed E-state index contributed by atoms with van der Waals surface area (Å²) in [5, 5.41) is 3.90. The minimum atomic E-state index is 0.224. The minimum absolute atomic E-state index is 0.224. The third kappa shape index (κ3) is 3.63. The van der Waals surface area contributed by atoms with Gasteiger partial charge in [0.2, 0.25) is 5.89 Å². The maximum atomic E-state index is 12.0. The van der Waals surface area contributed by atoms with Crippen molar-refractivity contribution in [1.82, 2.24) is 15.0 Å². The van der Waals surface area contributed by atoms with Gasteiger partial charge in [-0.2, -0.15) is 4.98 Å². The Labute approximate surface area is 108 Å². The Kier molecular flexibility index (Phi) is 4.47. The minimum Gasteiger partial charge on any atom is -0.339 e. The molecule has 1 aliphatic carbocycles. The van der Waals surface area contributed by atoms with Crippen LogP contribution in [-0.4, -0.2) is 41.5 Å². The van der Waals surface area contributed by atoms with E-state index >= 15 is 0 Å². The van der Waals surface area contributed by atoms with Gasteiger partial charge in [0.15, 0.2) is 5.82 Å². The molecule has 1 heterocycles. The third-order valence-electron chi connectivity index (χ3n) is 3.43. The van der Waals surface area contributed by atoms with Gasteiger partial charge in [-0.05, 0) is 26.9 Å². The maximum Gasteiger partial charge on any atom is 0.234 e. The number of Topliss-reactive ketones (excluding diaryl/α,β-unsaturated/α-hetero) is 1. The number of carbonyl (C=O) groups excluding carboxylic acids is 1. The lowest BCUT2D eigenvalue weighted by Gasteiger charge is -2.05. The van der Waals surface area contributed by atoms with Crippen molar-refractivity contribution in [2.24, 2.45) is 5.92 Å². The van der Waals surface area contributed by atoms with Crippen molar-refractivity contribution in [2.75, 3.05) is 20.6 Å². The predicted molar refractivity (Wildman–Crippen MR) is 67.2 cm³/mol. The van der Waals surface area contributed by atoms with Gasteiger partial charge in [-0.25, -0.2) is 0 Å². The molecule has 5 heteroatoms. The second-order valence-electron chi connectivity index (χ2n) is 5.28. The monoisotopic (exact) mass is 251 g/mol. The fourth-order valence-electron chi connectivity index (χ4n) is 2.33. The van der Waals surface area contributed by atoms with Crippen LogP contribution in [0.15, 0.2) is 4.52 Å².